The molecular formula is C31H47BP. The zero-order valence-corrected chi connectivity index (χ0v) is 24.3. The lowest BCUT2D eigenvalue weighted by molar-refractivity contribution is 0.589. The summed E-state index contributed by atoms with van der Waals surface area (Å²) >= 11 is 0. The largest absolute Gasteiger partial charge is 0.152 e. The van der Waals surface area contributed by atoms with E-state index in [9.17, 15) is 0 Å². The van der Waals surface area contributed by atoms with Crippen LogP contribution in [0.25, 0.3) is 0 Å². The zero-order valence-electron chi connectivity index (χ0n) is 23.4. The molecule has 33 heavy (non-hydrogen) atoms. The molecule has 0 saturated heterocycles. The Kier molecular flexibility index (Phi) is 6.88. The van der Waals surface area contributed by atoms with Gasteiger partial charge in [-0.1, -0.05) is 132 Å². The third-order valence-corrected chi connectivity index (χ3v) is 10.9. The molecule has 2 aromatic carbocycles. The summed E-state index contributed by atoms with van der Waals surface area (Å²) in [7, 11) is -0.233. The second-order valence-electron chi connectivity index (χ2n) is 14.3. The van der Waals surface area contributed by atoms with E-state index in [4.69, 9.17) is 0 Å². The van der Waals surface area contributed by atoms with Crippen molar-refractivity contribution in [2.45, 2.75) is 122 Å². The van der Waals surface area contributed by atoms with Crippen LogP contribution in [0, 0.1) is 0 Å². The van der Waals surface area contributed by atoms with Gasteiger partial charge in [-0.05, 0) is 55.6 Å². The Morgan fingerprint density at radius 1 is 0.606 bits per heavy atom. The molecule has 0 nitrogen and oxygen atoms in total. The predicted molar refractivity (Wildman–Crippen MR) is 152 cm³/mol. The van der Waals surface area contributed by atoms with E-state index in [0.717, 1.165) is 0 Å². The van der Waals surface area contributed by atoms with Crippen molar-refractivity contribution in [1.82, 2.24) is 0 Å². The molecule has 1 fully saturated rings. The number of hydrogen-bond acceptors (Lipinski definition) is 0. The van der Waals surface area contributed by atoms with Gasteiger partial charge in [-0.15, -0.1) is 7.80 Å². The summed E-state index contributed by atoms with van der Waals surface area (Å²) in [6.07, 6.45) is 1.22. The molecule has 1 saturated carbocycles. The lowest BCUT2D eigenvalue weighted by atomic mass is 9.77. The van der Waals surface area contributed by atoms with E-state index < -0.39 is 0 Å². The smallest absolute Gasteiger partial charge is 0.137 e. The number of hydrogen-bond donors (Lipinski definition) is 0. The summed E-state index contributed by atoms with van der Waals surface area (Å²) in [5, 5.41) is 0.627. The molecule has 0 spiro atoms. The first-order chi connectivity index (χ1) is 14.9. The van der Waals surface area contributed by atoms with E-state index in [1.165, 1.54) is 28.7 Å². The summed E-state index contributed by atoms with van der Waals surface area (Å²) in [6, 6.07) is 19.1. The summed E-state index contributed by atoms with van der Waals surface area (Å²) < 4.78 is 0. The Balaban J connectivity index is 2.04. The molecule has 1 aliphatic carbocycles. The minimum absolute atomic E-state index is 0.115. The van der Waals surface area contributed by atoms with Crippen LogP contribution in [-0.2, 0) is 16.2 Å². The highest BCUT2D eigenvalue weighted by Gasteiger charge is 2.58. The standard InChI is InChI=1S/C31H47BP/c1-27(2,3)22-13-17-24(18-14-22)31(25-19-15-23(16-20-25)28(4,5)6)21-26(31)32-33(29(7,8)9)30(10,11)12/h13-20,26H,21H2,1-12H3. The maximum atomic E-state index is 2.78. The van der Waals surface area contributed by atoms with E-state index >= 15 is 0 Å². The molecule has 0 amide bonds. The van der Waals surface area contributed by atoms with Gasteiger partial charge in [0.2, 0.25) is 0 Å². The van der Waals surface area contributed by atoms with Crippen LogP contribution < -0.4 is 0 Å². The Labute approximate surface area is 207 Å². The van der Waals surface area contributed by atoms with Gasteiger partial charge in [0.25, 0.3) is 0 Å². The highest BCUT2D eigenvalue weighted by molar-refractivity contribution is 7.88. The van der Waals surface area contributed by atoms with Crippen LogP contribution in [0.4, 0.5) is 0 Å². The van der Waals surface area contributed by atoms with Crippen molar-refractivity contribution in [2.75, 3.05) is 0 Å². The van der Waals surface area contributed by atoms with Crippen molar-refractivity contribution >= 4 is 14.8 Å². The van der Waals surface area contributed by atoms with Crippen molar-refractivity contribution in [2.24, 2.45) is 0 Å². The van der Waals surface area contributed by atoms with Crippen LogP contribution in [0.15, 0.2) is 48.5 Å². The normalized spacial score (nSPS) is 19.0. The molecule has 0 aliphatic heterocycles. The molecule has 2 heteroatoms. The summed E-state index contributed by atoms with van der Waals surface area (Å²) in [4.78, 5) is 0. The van der Waals surface area contributed by atoms with Crippen LogP contribution in [0.5, 0.6) is 0 Å². The Morgan fingerprint density at radius 3 is 1.21 bits per heavy atom. The predicted octanol–water partition coefficient (Wildman–Crippen LogP) is 9.46. The van der Waals surface area contributed by atoms with Crippen LogP contribution in [0.1, 0.15) is 112 Å². The van der Waals surface area contributed by atoms with Gasteiger partial charge >= 0.3 is 0 Å². The fraction of sp³-hybridized carbons (Fsp3) is 0.613. The van der Waals surface area contributed by atoms with Crippen LogP contribution in [0.2, 0.25) is 5.82 Å². The van der Waals surface area contributed by atoms with Gasteiger partial charge < -0.3 is 0 Å². The van der Waals surface area contributed by atoms with Gasteiger partial charge in [0.05, 0.1) is 0 Å². The lowest BCUT2D eigenvalue weighted by Gasteiger charge is -2.42. The van der Waals surface area contributed by atoms with Crippen molar-refractivity contribution < 1.29 is 0 Å². The zero-order chi connectivity index (χ0) is 25.0. The molecule has 179 valence electrons. The van der Waals surface area contributed by atoms with Gasteiger partial charge in [0.1, 0.15) is 0 Å². The molecule has 1 unspecified atom stereocenters. The first-order valence-corrected chi connectivity index (χ1v) is 14.1. The molecule has 2 aromatic rings. The third-order valence-electron chi connectivity index (χ3n) is 7.32. The molecule has 0 bridgehead atoms. The molecule has 1 atom stereocenters. The van der Waals surface area contributed by atoms with Gasteiger partial charge in [-0.2, -0.15) is 0 Å². The highest BCUT2D eigenvalue weighted by atomic mass is 31.1. The molecular weight excluding hydrogens is 414 g/mol. The second kappa shape index (κ2) is 8.55. The SMILES string of the molecule is CC(C)(C)c1ccc(C2(c3ccc(C(C)(C)C)cc3)CC2[B]P(C(C)(C)C)C(C)(C)C)cc1. The van der Waals surface area contributed by atoms with Crippen LogP contribution in [-0.4, -0.2) is 17.3 Å². The van der Waals surface area contributed by atoms with Gasteiger partial charge in [0.15, 0.2) is 7.00 Å². The fourth-order valence-corrected chi connectivity index (χ4v) is 9.09. The number of benzene rings is 2. The van der Waals surface area contributed by atoms with Gasteiger partial charge in [-0.3, -0.25) is 0 Å². The van der Waals surface area contributed by atoms with E-state index in [0.29, 0.717) is 16.1 Å². The molecule has 0 aromatic heterocycles. The topological polar surface area (TPSA) is 0 Å². The average molecular weight is 462 g/mol. The van der Waals surface area contributed by atoms with E-state index in [1.54, 1.807) is 0 Å². The Hall–Kier alpha value is -1.07. The average Bonchev–Trinajstić information content (AvgIpc) is 3.38. The van der Waals surface area contributed by atoms with Gasteiger partial charge in [0, 0.05) is 5.41 Å². The monoisotopic (exact) mass is 461 g/mol. The maximum Gasteiger partial charge on any atom is 0.152 e. The number of rotatable bonds is 4. The Morgan fingerprint density at radius 2 is 0.939 bits per heavy atom. The fourth-order valence-electron chi connectivity index (χ4n) is 5.47. The van der Waals surface area contributed by atoms with Crippen molar-refractivity contribution in [3.05, 3.63) is 70.8 Å². The molecule has 3 rings (SSSR count). The van der Waals surface area contributed by atoms with Crippen molar-refractivity contribution in [3.63, 3.8) is 0 Å². The maximum absolute atomic E-state index is 2.78. The van der Waals surface area contributed by atoms with E-state index in [1.807, 2.05) is 0 Å². The minimum atomic E-state index is -0.233. The van der Waals surface area contributed by atoms with Crippen LogP contribution >= 0.6 is 7.80 Å². The lowest BCUT2D eigenvalue weighted by Crippen LogP contribution is -2.29. The third kappa shape index (κ3) is 5.61. The van der Waals surface area contributed by atoms with Crippen molar-refractivity contribution in [1.29, 1.82) is 0 Å². The quantitative estimate of drug-likeness (QED) is 0.314. The van der Waals surface area contributed by atoms with Crippen molar-refractivity contribution in [3.8, 4) is 0 Å². The summed E-state index contributed by atoms with van der Waals surface area (Å²) in [5.41, 5.74) is 6.28. The van der Waals surface area contributed by atoms with E-state index in [2.05, 4.69) is 139 Å². The molecule has 0 heterocycles. The van der Waals surface area contributed by atoms with Gasteiger partial charge in [-0.25, -0.2) is 0 Å². The summed E-state index contributed by atoms with van der Waals surface area (Å²) in [5.74, 6) is 0.600. The molecule has 1 aliphatic rings. The molecule has 1 radical (unpaired) electrons. The minimum Gasteiger partial charge on any atom is -0.137 e. The summed E-state index contributed by atoms with van der Waals surface area (Å²) in [6.45, 7) is 31.2. The highest BCUT2D eigenvalue weighted by Crippen LogP contribution is 2.70. The first-order valence-electron chi connectivity index (χ1n) is 12.7. The molecule has 0 N–H and O–H groups in total. The van der Waals surface area contributed by atoms with Crippen LogP contribution in [0.3, 0.4) is 0 Å². The second-order valence-corrected chi connectivity index (χ2v) is 18.0. The Bertz CT molecular complexity index is 869. The first kappa shape index (κ1) is 26.5. The van der Waals surface area contributed by atoms with E-state index in [-0.39, 0.29) is 24.0 Å².